The van der Waals surface area contributed by atoms with Crippen LogP contribution in [0, 0.1) is 5.92 Å². The molecule has 3 atom stereocenters. The number of nitrogens with one attached hydrogen (secondary N) is 1. The summed E-state index contributed by atoms with van der Waals surface area (Å²) in [4.78, 5) is 18.9. The number of carbonyl (C=O) groups is 1. The van der Waals surface area contributed by atoms with E-state index < -0.39 is 0 Å². The number of furan rings is 1. The number of carbonyl (C=O) groups excluding carboxylic acids is 1. The second-order valence-corrected chi connectivity index (χ2v) is 7.14. The molecule has 0 aliphatic carbocycles. The van der Waals surface area contributed by atoms with Gasteiger partial charge in [-0.15, -0.1) is 0 Å². The summed E-state index contributed by atoms with van der Waals surface area (Å²) in [5.74, 6) is 2.42. The van der Waals surface area contributed by atoms with Gasteiger partial charge in [-0.2, -0.15) is 0 Å². The number of hydrogen-bond donors (Lipinski definition) is 1. The highest BCUT2D eigenvalue weighted by Gasteiger charge is 2.41. The number of hydrogen-bond acceptors (Lipinski definition) is 5. The molecule has 2 fully saturated rings. The minimum absolute atomic E-state index is 0.0717. The van der Waals surface area contributed by atoms with E-state index in [-0.39, 0.29) is 18.1 Å². The largest absolute Gasteiger partial charge is 0.465 e. The van der Waals surface area contributed by atoms with Crippen LogP contribution in [0.15, 0.2) is 41.1 Å². The summed E-state index contributed by atoms with van der Waals surface area (Å²) in [5.41, 5.74) is 0.710. The molecule has 2 aromatic rings. The molecule has 4 heterocycles. The number of piperidine rings is 1. The molecule has 0 bridgehead atoms. The Morgan fingerprint density at radius 2 is 2.23 bits per heavy atom. The average molecular weight is 355 g/mol. The van der Waals surface area contributed by atoms with Crippen LogP contribution in [0.2, 0.25) is 0 Å². The maximum atomic E-state index is 12.5. The van der Waals surface area contributed by atoms with E-state index in [1.54, 1.807) is 18.5 Å². The predicted octanol–water partition coefficient (Wildman–Crippen LogP) is 2.86. The smallest absolute Gasteiger partial charge is 0.253 e. The van der Waals surface area contributed by atoms with Crippen LogP contribution in [0.1, 0.15) is 31.3 Å². The van der Waals surface area contributed by atoms with Crippen LogP contribution in [-0.4, -0.2) is 41.1 Å². The normalized spacial score (nSPS) is 25.8. The van der Waals surface area contributed by atoms with Crippen molar-refractivity contribution in [2.24, 2.45) is 5.92 Å². The zero-order valence-corrected chi connectivity index (χ0v) is 15.1. The monoisotopic (exact) mass is 355 g/mol. The molecule has 2 aromatic heterocycles. The molecule has 138 valence electrons. The highest BCUT2D eigenvalue weighted by atomic mass is 16.5. The highest BCUT2D eigenvalue weighted by Crippen LogP contribution is 2.34. The second kappa shape index (κ2) is 7.60. The van der Waals surface area contributed by atoms with Gasteiger partial charge >= 0.3 is 0 Å². The first kappa shape index (κ1) is 17.2. The number of rotatable bonds is 5. The van der Waals surface area contributed by atoms with E-state index in [1.165, 1.54) is 0 Å². The fourth-order valence-corrected chi connectivity index (χ4v) is 3.88. The van der Waals surface area contributed by atoms with Crippen molar-refractivity contribution in [1.82, 2.24) is 9.88 Å². The van der Waals surface area contributed by atoms with Gasteiger partial charge in [0.15, 0.2) is 0 Å². The first-order valence-corrected chi connectivity index (χ1v) is 9.37. The lowest BCUT2D eigenvalue weighted by Gasteiger charge is -2.33. The molecule has 0 unspecified atom stereocenters. The first-order chi connectivity index (χ1) is 12.7. The van der Waals surface area contributed by atoms with Gasteiger partial charge in [-0.05, 0) is 49.6 Å². The van der Waals surface area contributed by atoms with Crippen molar-refractivity contribution >= 4 is 11.6 Å². The molecule has 0 aromatic carbocycles. The van der Waals surface area contributed by atoms with Crippen LogP contribution in [0.3, 0.4) is 0 Å². The number of aromatic nitrogens is 1. The van der Waals surface area contributed by atoms with Gasteiger partial charge < -0.3 is 14.5 Å². The van der Waals surface area contributed by atoms with E-state index in [2.05, 4.69) is 28.2 Å². The molecule has 2 aliphatic heterocycles. The van der Waals surface area contributed by atoms with Crippen molar-refractivity contribution in [3.63, 3.8) is 0 Å². The lowest BCUT2D eigenvalue weighted by atomic mass is 9.91. The van der Waals surface area contributed by atoms with Crippen LogP contribution in [-0.2, 0) is 22.5 Å². The van der Waals surface area contributed by atoms with Gasteiger partial charge in [0.05, 0.1) is 24.5 Å². The van der Waals surface area contributed by atoms with Crippen molar-refractivity contribution in [2.45, 2.75) is 44.9 Å². The van der Waals surface area contributed by atoms with Crippen LogP contribution in [0.4, 0.5) is 5.69 Å². The average Bonchev–Trinajstić information content (AvgIpc) is 3.29. The summed E-state index contributed by atoms with van der Waals surface area (Å²) in [6.07, 6.45) is 5.85. The minimum Gasteiger partial charge on any atom is -0.465 e. The van der Waals surface area contributed by atoms with Crippen LogP contribution < -0.4 is 5.32 Å². The Morgan fingerprint density at radius 1 is 1.35 bits per heavy atom. The number of aryl methyl sites for hydroxylation is 1. The molecule has 1 amide bonds. The SMILES string of the molecule is CCc1ccc(CN2CC[C@H]3C[C@H](C(=O)Nc4cccnc4)O[C@@H]3C2)o1. The number of ether oxygens (including phenoxy) is 1. The number of nitrogens with zero attached hydrogens (tertiary/aromatic N) is 2. The van der Waals surface area contributed by atoms with Gasteiger partial charge in [0.25, 0.3) is 5.91 Å². The zero-order valence-electron chi connectivity index (χ0n) is 15.1. The Bertz CT molecular complexity index is 746. The molecule has 2 aliphatic rings. The fourth-order valence-electron chi connectivity index (χ4n) is 3.88. The lowest BCUT2D eigenvalue weighted by molar-refractivity contribution is -0.127. The molecular formula is C20H25N3O3. The topological polar surface area (TPSA) is 67.6 Å². The zero-order chi connectivity index (χ0) is 17.9. The molecule has 0 radical (unpaired) electrons. The maximum Gasteiger partial charge on any atom is 0.253 e. The summed E-state index contributed by atoms with van der Waals surface area (Å²) in [7, 11) is 0. The van der Waals surface area contributed by atoms with Crippen molar-refractivity contribution < 1.29 is 13.9 Å². The summed E-state index contributed by atoms with van der Waals surface area (Å²) in [6.45, 7) is 4.77. The Labute approximate surface area is 153 Å². The van der Waals surface area contributed by atoms with Crippen LogP contribution in [0.5, 0.6) is 0 Å². The van der Waals surface area contributed by atoms with Gasteiger partial charge in [0.1, 0.15) is 17.6 Å². The molecule has 6 nitrogen and oxygen atoms in total. The second-order valence-electron chi connectivity index (χ2n) is 7.14. The molecule has 6 heteroatoms. The number of fused-ring (bicyclic) bond motifs is 1. The van der Waals surface area contributed by atoms with Gasteiger partial charge in [0.2, 0.25) is 0 Å². The maximum absolute atomic E-state index is 12.5. The third kappa shape index (κ3) is 3.81. The van der Waals surface area contributed by atoms with E-state index in [1.807, 2.05) is 12.1 Å². The van der Waals surface area contributed by atoms with E-state index in [0.717, 1.165) is 50.4 Å². The van der Waals surface area contributed by atoms with Gasteiger partial charge in [-0.1, -0.05) is 6.92 Å². The summed E-state index contributed by atoms with van der Waals surface area (Å²) in [5, 5.41) is 2.90. The van der Waals surface area contributed by atoms with Crippen molar-refractivity contribution in [2.75, 3.05) is 18.4 Å². The Balaban J connectivity index is 1.32. The lowest BCUT2D eigenvalue weighted by Crippen LogP contribution is -2.41. The van der Waals surface area contributed by atoms with E-state index in [9.17, 15) is 4.79 Å². The van der Waals surface area contributed by atoms with E-state index in [0.29, 0.717) is 11.6 Å². The quantitative estimate of drug-likeness (QED) is 0.893. The van der Waals surface area contributed by atoms with Crippen molar-refractivity contribution in [3.05, 3.63) is 48.2 Å². The van der Waals surface area contributed by atoms with E-state index >= 15 is 0 Å². The molecular weight excluding hydrogens is 330 g/mol. The third-order valence-corrected chi connectivity index (χ3v) is 5.30. The Kier molecular flexibility index (Phi) is 5.04. The van der Waals surface area contributed by atoms with Crippen molar-refractivity contribution in [1.29, 1.82) is 0 Å². The van der Waals surface area contributed by atoms with E-state index in [4.69, 9.17) is 9.15 Å². The summed E-state index contributed by atoms with van der Waals surface area (Å²) >= 11 is 0. The fraction of sp³-hybridized carbons (Fsp3) is 0.500. The molecule has 2 saturated heterocycles. The summed E-state index contributed by atoms with van der Waals surface area (Å²) < 4.78 is 11.9. The Hall–Kier alpha value is -2.18. The third-order valence-electron chi connectivity index (χ3n) is 5.30. The van der Waals surface area contributed by atoms with Gasteiger partial charge in [0, 0.05) is 19.2 Å². The number of amides is 1. The van der Waals surface area contributed by atoms with Gasteiger partial charge in [-0.25, -0.2) is 0 Å². The number of pyridine rings is 1. The minimum atomic E-state index is -0.375. The molecule has 0 spiro atoms. The summed E-state index contributed by atoms with van der Waals surface area (Å²) in [6, 6.07) is 7.75. The van der Waals surface area contributed by atoms with Crippen molar-refractivity contribution in [3.8, 4) is 0 Å². The Morgan fingerprint density at radius 3 is 3.00 bits per heavy atom. The van der Waals surface area contributed by atoms with Crippen LogP contribution in [0.25, 0.3) is 0 Å². The molecule has 0 saturated carbocycles. The molecule has 26 heavy (non-hydrogen) atoms. The highest BCUT2D eigenvalue weighted by molar-refractivity contribution is 5.94. The first-order valence-electron chi connectivity index (χ1n) is 9.37. The number of likely N-dealkylation sites (tertiary alicyclic amines) is 1. The number of anilines is 1. The van der Waals surface area contributed by atoms with Crippen LogP contribution >= 0.6 is 0 Å². The molecule has 1 N–H and O–H groups in total. The molecule has 4 rings (SSSR count). The predicted molar refractivity (Wildman–Crippen MR) is 97.6 cm³/mol. The van der Waals surface area contributed by atoms with Gasteiger partial charge in [-0.3, -0.25) is 14.7 Å². The standard InChI is InChI=1S/C20H25N3O3/c1-2-16-5-6-17(25-16)12-23-9-7-14-10-18(26-19(14)13-23)20(24)22-15-4-3-8-21-11-15/h3-6,8,11,14,18-19H,2,7,9-10,12-13H2,1H3,(H,22,24)/t14-,18+,19+/m0/s1.